The first-order valence-corrected chi connectivity index (χ1v) is 8.56. The molecule has 0 saturated carbocycles. The van der Waals surface area contributed by atoms with E-state index in [1.165, 1.54) is 35.6 Å². The normalized spacial score (nSPS) is 11.9. The van der Waals surface area contributed by atoms with E-state index < -0.39 is 0 Å². The molecule has 0 saturated heterocycles. The Morgan fingerprint density at radius 1 is 0.778 bits per heavy atom. The summed E-state index contributed by atoms with van der Waals surface area (Å²) in [6.07, 6.45) is 0. The second kappa shape index (κ2) is 3.71. The molecule has 2 aromatic heterocycles. The Morgan fingerprint density at radius 2 is 1.56 bits per heavy atom. The minimum atomic E-state index is 0.545. The van der Waals surface area contributed by atoms with Crippen molar-refractivity contribution in [3.8, 4) is 0 Å². The molecule has 0 fully saturated rings. The summed E-state index contributed by atoms with van der Waals surface area (Å²) in [6, 6.07) is 14.1. The molecule has 0 N–H and O–H groups in total. The summed E-state index contributed by atoms with van der Waals surface area (Å²) < 4.78 is 4.49. The summed E-state index contributed by atoms with van der Waals surface area (Å²) >= 11 is 2.44. The van der Waals surface area contributed by atoms with Gasteiger partial charge < -0.3 is 0 Å². The van der Waals surface area contributed by atoms with Gasteiger partial charge in [-0.3, -0.25) is 0 Å². The molecule has 0 aliphatic carbocycles. The van der Waals surface area contributed by atoms with Crippen LogP contribution in [0, 0.1) is 13.8 Å². The van der Waals surface area contributed by atoms with Crippen molar-refractivity contribution in [2.75, 3.05) is 0 Å². The van der Waals surface area contributed by atoms with Crippen LogP contribution in [0.4, 0.5) is 0 Å². The second-order valence-electron chi connectivity index (χ2n) is 4.84. The number of benzene rings is 2. The molecule has 2 heteroatoms. The van der Waals surface area contributed by atoms with Crippen LogP contribution in [0.5, 0.6) is 0 Å². The molecule has 0 radical (unpaired) electrons. The molecule has 0 spiro atoms. The van der Waals surface area contributed by atoms with Crippen LogP contribution < -0.4 is 0 Å². The Morgan fingerprint density at radius 3 is 2.44 bits per heavy atom. The molecule has 88 valence electrons. The first kappa shape index (κ1) is 10.8. The Hall–Kier alpha value is -1.08. The van der Waals surface area contributed by atoms with E-state index in [1.807, 2.05) is 11.3 Å². The third-order valence-corrected chi connectivity index (χ3v) is 6.50. The number of hydrogen-bond donors (Lipinski definition) is 0. The van der Waals surface area contributed by atoms with Crippen LogP contribution in [0.15, 0.2) is 36.4 Å². The van der Waals surface area contributed by atoms with E-state index in [2.05, 4.69) is 50.2 Å². The predicted octanol–water partition coefficient (Wildman–Crippen LogP) is 4.88. The van der Waals surface area contributed by atoms with Gasteiger partial charge in [-0.05, 0) is 0 Å². The Bertz CT molecular complexity index is 754. The molecule has 0 amide bonds. The summed E-state index contributed by atoms with van der Waals surface area (Å²) in [7, 11) is 0. The van der Waals surface area contributed by atoms with Crippen LogP contribution in [0.1, 0.15) is 9.31 Å². The fraction of sp³-hybridized carbons (Fsp3) is 0.125. The Balaban J connectivity index is 2.17. The number of rotatable bonds is 0. The van der Waals surface area contributed by atoms with Gasteiger partial charge in [0, 0.05) is 0 Å². The van der Waals surface area contributed by atoms with Gasteiger partial charge >= 0.3 is 116 Å². The van der Waals surface area contributed by atoms with E-state index >= 15 is 0 Å². The summed E-state index contributed by atoms with van der Waals surface area (Å²) in [5.41, 5.74) is 0. The van der Waals surface area contributed by atoms with E-state index in [4.69, 9.17) is 0 Å². The molecule has 0 aliphatic heterocycles. The fourth-order valence-electron chi connectivity index (χ4n) is 2.59. The van der Waals surface area contributed by atoms with Crippen molar-refractivity contribution in [2.24, 2.45) is 0 Å². The maximum absolute atomic E-state index is 2.40. The SMILES string of the molecule is Cc1cc2cc3cc4cc(C)[se]c4cc3cc2s1. The van der Waals surface area contributed by atoms with Gasteiger partial charge in [0.05, 0.1) is 0 Å². The molecular weight excluding hydrogens is 303 g/mol. The maximum atomic E-state index is 2.40. The summed E-state index contributed by atoms with van der Waals surface area (Å²) in [6.45, 7) is 4.43. The molecule has 4 aromatic rings. The van der Waals surface area contributed by atoms with E-state index in [-0.39, 0.29) is 0 Å². The molecule has 4 rings (SSSR count). The molecule has 0 aliphatic rings. The molecule has 0 atom stereocenters. The van der Waals surface area contributed by atoms with Crippen LogP contribution in [-0.2, 0) is 0 Å². The van der Waals surface area contributed by atoms with E-state index in [1.54, 1.807) is 4.26 Å². The van der Waals surface area contributed by atoms with E-state index in [9.17, 15) is 0 Å². The zero-order chi connectivity index (χ0) is 12.3. The summed E-state index contributed by atoms with van der Waals surface area (Å²) in [5, 5.41) is 5.59. The van der Waals surface area contributed by atoms with Crippen molar-refractivity contribution < 1.29 is 0 Å². The summed E-state index contributed by atoms with van der Waals surface area (Å²) in [4.78, 5) is 1.40. The minimum absolute atomic E-state index is 0.545. The third kappa shape index (κ3) is 1.57. The first-order valence-electron chi connectivity index (χ1n) is 6.03. The predicted molar refractivity (Wildman–Crippen MR) is 83.3 cm³/mol. The number of hydrogen-bond acceptors (Lipinski definition) is 1. The molecule has 2 heterocycles. The molecule has 18 heavy (non-hydrogen) atoms. The first-order chi connectivity index (χ1) is 8.69. The molecule has 0 unspecified atom stereocenters. The number of aryl methyl sites for hydroxylation is 2. The van der Waals surface area contributed by atoms with Gasteiger partial charge in [0.15, 0.2) is 0 Å². The summed E-state index contributed by atoms with van der Waals surface area (Å²) in [5.74, 6) is 0. The van der Waals surface area contributed by atoms with Crippen LogP contribution in [-0.4, -0.2) is 14.5 Å². The quantitative estimate of drug-likeness (QED) is 0.406. The van der Waals surface area contributed by atoms with Gasteiger partial charge in [-0.25, -0.2) is 0 Å². The fourth-order valence-corrected chi connectivity index (χ4v) is 5.55. The van der Waals surface area contributed by atoms with Gasteiger partial charge in [0.25, 0.3) is 0 Å². The zero-order valence-electron chi connectivity index (χ0n) is 10.3. The Labute approximate surface area is 116 Å². The van der Waals surface area contributed by atoms with Crippen molar-refractivity contribution in [3.05, 3.63) is 45.7 Å². The van der Waals surface area contributed by atoms with Gasteiger partial charge in [0.1, 0.15) is 0 Å². The zero-order valence-corrected chi connectivity index (χ0v) is 12.8. The van der Waals surface area contributed by atoms with Crippen molar-refractivity contribution in [1.82, 2.24) is 0 Å². The third-order valence-electron chi connectivity index (χ3n) is 3.36. The van der Waals surface area contributed by atoms with Gasteiger partial charge in [0.2, 0.25) is 0 Å². The van der Waals surface area contributed by atoms with Crippen LogP contribution in [0.2, 0.25) is 0 Å². The Kier molecular flexibility index (Phi) is 2.23. The van der Waals surface area contributed by atoms with Crippen molar-refractivity contribution in [3.63, 3.8) is 0 Å². The number of thiophene rings is 1. The van der Waals surface area contributed by atoms with E-state index in [0.29, 0.717) is 14.5 Å². The molecule has 0 nitrogen and oxygen atoms in total. The standard InChI is InChI=1S/C16H12SSe/c1-9-3-13-5-11-6-14-4-10(2)18-16(14)8-12(11)7-15(13)17-9/h3-8H,1-2H3. The van der Waals surface area contributed by atoms with Crippen LogP contribution in [0.3, 0.4) is 0 Å². The number of fused-ring (bicyclic) bond motifs is 3. The van der Waals surface area contributed by atoms with Gasteiger partial charge in [-0.1, -0.05) is 0 Å². The van der Waals surface area contributed by atoms with Crippen LogP contribution in [0.25, 0.3) is 30.5 Å². The monoisotopic (exact) mass is 316 g/mol. The topological polar surface area (TPSA) is 0 Å². The van der Waals surface area contributed by atoms with Crippen LogP contribution >= 0.6 is 11.3 Å². The molecule has 0 bridgehead atoms. The second-order valence-corrected chi connectivity index (χ2v) is 8.83. The van der Waals surface area contributed by atoms with Crippen molar-refractivity contribution in [2.45, 2.75) is 13.8 Å². The molecule has 2 aromatic carbocycles. The van der Waals surface area contributed by atoms with Gasteiger partial charge in [-0.2, -0.15) is 0 Å². The van der Waals surface area contributed by atoms with Crippen molar-refractivity contribution >= 4 is 56.3 Å². The van der Waals surface area contributed by atoms with Crippen molar-refractivity contribution in [1.29, 1.82) is 0 Å². The van der Waals surface area contributed by atoms with E-state index in [0.717, 1.165) is 0 Å². The average Bonchev–Trinajstić information content (AvgIpc) is 2.82. The average molecular weight is 315 g/mol. The molecular formula is C16H12SSe. The van der Waals surface area contributed by atoms with Gasteiger partial charge in [-0.15, -0.1) is 0 Å².